The van der Waals surface area contributed by atoms with Crippen molar-refractivity contribution in [3.8, 4) is 5.75 Å². The van der Waals surface area contributed by atoms with E-state index in [0.29, 0.717) is 31.1 Å². The van der Waals surface area contributed by atoms with E-state index >= 15 is 0 Å². The largest absolute Gasteiger partial charge is 0.492 e. The fourth-order valence-corrected chi connectivity index (χ4v) is 7.89. The maximum Gasteiger partial charge on any atom is 0.257 e. The van der Waals surface area contributed by atoms with Crippen LogP contribution in [0.4, 0.5) is 0 Å². The number of nitrogens with zero attached hydrogens (tertiary/aromatic N) is 3. The van der Waals surface area contributed by atoms with Gasteiger partial charge in [-0.25, -0.2) is 0 Å². The molecule has 2 saturated heterocycles. The van der Waals surface area contributed by atoms with Gasteiger partial charge >= 0.3 is 0 Å². The topological polar surface area (TPSA) is 64.0 Å². The van der Waals surface area contributed by atoms with Gasteiger partial charge in [-0.05, 0) is 81.5 Å². The minimum atomic E-state index is -0.0192. The number of amides is 2. The van der Waals surface area contributed by atoms with Crippen LogP contribution in [0.25, 0.3) is 10.9 Å². The van der Waals surface area contributed by atoms with Crippen molar-refractivity contribution in [2.45, 2.75) is 76.8 Å². The summed E-state index contributed by atoms with van der Waals surface area (Å²) in [6.07, 6.45) is 10.3. The maximum atomic E-state index is 13.7. The zero-order chi connectivity index (χ0) is 28.5. The molecule has 4 aliphatic rings. The van der Waals surface area contributed by atoms with E-state index in [1.54, 1.807) is 0 Å². The molecule has 3 aromatic rings. The molecule has 1 spiro atoms. The van der Waals surface area contributed by atoms with Crippen molar-refractivity contribution < 1.29 is 19.1 Å². The van der Waals surface area contributed by atoms with Crippen molar-refractivity contribution in [2.24, 2.45) is 5.41 Å². The lowest BCUT2D eigenvalue weighted by atomic mass is 9.75. The molecule has 0 N–H and O–H groups in total. The molecule has 1 atom stereocenters. The smallest absolute Gasteiger partial charge is 0.257 e. The van der Waals surface area contributed by atoms with Gasteiger partial charge in [-0.1, -0.05) is 36.8 Å². The number of fused-ring (bicyclic) bond motifs is 5. The Hall–Kier alpha value is -3.32. The molecule has 1 aromatic heterocycles. The monoisotopic (exact) mass is 569 g/mol. The van der Waals surface area contributed by atoms with E-state index in [4.69, 9.17) is 9.47 Å². The summed E-state index contributed by atoms with van der Waals surface area (Å²) < 4.78 is 14.9. The third-order valence-electron chi connectivity index (χ3n) is 10.4. The Morgan fingerprint density at radius 3 is 2.64 bits per heavy atom. The Labute approximate surface area is 248 Å². The first-order valence-electron chi connectivity index (χ1n) is 16.1. The molecule has 0 unspecified atom stereocenters. The Bertz CT molecular complexity index is 1450. The number of rotatable bonds is 2. The Kier molecular flexibility index (Phi) is 7.70. The predicted octanol–water partition coefficient (Wildman–Crippen LogP) is 5.62. The normalized spacial score (nSPS) is 22.9. The van der Waals surface area contributed by atoms with Crippen LogP contribution >= 0.6 is 0 Å². The number of likely N-dealkylation sites (tertiary alicyclic amines) is 1. The quantitative estimate of drug-likeness (QED) is 0.402. The molecule has 7 nitrogen and oxygen atoms in total. The first-order valence-corrected chi connectivity index (χ1v) is 16.1. The number of aromatic nitrogens is 1. The maximum absolute atomic E-state index is 13.7. The number of ether oxygens (including phenoxy) is 2. The van der Waals surface area contributed by atoms with Gasteiger partial charge in [-0.3, -0.25) is 9.59 Å². The zero-order valence-corrected chi connectivity index (χ0v) is 24.7. The van der Waals surface area contributed by atoms with E-state index in [9.17, 15) is 9.59 Å². The van der Waals surface area contributed by atoms with E-state index in [-0.39, 0.29) is 23.3 Å². The average Bonchev–Trinajstić information content (AvgIpc) is 3.76. The van der Waals surface area contributed by atoms with Crippen LogP contribution in [0, 0.1) is 5.41 Å². The molecule has 2 fully saturated rings. The Balaban J connectivity index is 1.06. The van der Waals surface area contributed by atoms with Crippen molar-refractivity contribution >= 4 is 22.7 Å². The molecule has 42 heavy (non-hydrogen) atoms. The highest BCUT2D eigenvalue weighted by Crippen LogP contribution is 2.39. The van der Waals surface area contributed by atoms with Crippen LogP contribution in [-0.2, 0) is 28.9 Å². The van der Waals surface area contributed by atoms with Crippen molar-refractivity contribution in [1.29, 1.82) is 0 Å². The van der Waals surface area contributed by atoms with Gasteiger partial charge in [-0.2, -0.15) is 0 Å². The molecule has 1 aliphatic carbocycles. The summed E-state index contributed by atoms with van der Waals surface area (Å²) in [7, 11) is 0. The molecular weight excluding hydrogens is 526 g/mol. The van der Waals surface area contributed by atoms with Gasteiger partial charge in [0, 0.05) is 48.3 Å². The summed E-state index contributed by atoms with van der Waals surface area (Å²) in [5, 5.41) is 1.32. The van der Waals surface area contributed by atoms with Crippen LogP contribution in [0.2, 0.25) is 0 Å². The van der Waals surface area contributed by atoms with Gasteiger partial charge in [0.2, 0.25) is 5.91 Å². The van der Waals surface area contributed by atoms with Gasteiger partial charge < -0.3 is 23.8 Å². The van der Waals surface area contributed by atoms with E-state index in [1.165, 1.54) is 28.6 Å². The van der Waals surface area contributed by atoms with E-state index in [1.807, 2.05) is 29.2 Å². The molecule has 0 radical (unpaired) electrons. The Morgan fingerprint density at radius 2 is 1.74 bits per heavy atom. The molecule has 0 saturated carbocycles. The highest BCUT2D eigenvalue weighted by Gasteiger charge is 2.38. The summed E-state index contributed by atoms with van der Waals surface area (Å²) in [5.74, 6) is 0.941. The van der Waals surface area contributed by atoms with Crippen LogP contribution in [0.3, 0.4) is 0 Å². The molecule has 7 rings (SSSR count). The second-order valence-corrected chi connectivity index (χ2v) is 12.9. The van der Waals surface area contributed by atoms with Gasteiger partial charge in [0.05, 0.1) is 24.8 Å². The standard InChI is InChI=1S/C35H43N3O4/c39-33(23-38-30-13-3-1-10-27(30)28-12-7-14-31(28)38)36-20-17-35(18-21-36)16-5-6-22-41-24-26-9-8-19-37(26)34(40)29-11-2-4-15-32(29)42-25-35/h1-4,10-11,13,15,26H,5-9,12,14,16-25H2/t26-/m0/s1. The minimum Gasteiger partial charge on any atom is -0.492 e. The van der Waals surface area contributed by atoms with E-state index in [2.05, 4.69) is 33.7 Å². The second-order valence-electron chi connectivity index (χ2n) is 12.9. The lowest BCUT2D eigenvalue weighted by Gasteiger charge is -2.42. The SMILES string of the molecule is O=C(Cn1c2c(c3ccccc31)CCC2)N1CCC2(CCCCOC[C@@H]3CCCN3C(=O)c3ccccc3OC2)CC1. The van der Waals surface area contributed by atoms with Crippen LogP contribution in [-0.4, -0.2) is 71.7 Å². The molecule has 3 aliphatic heterocycles. The highest BCUT2D eigenvalue weighted by molar-refractivity contribution is 5.97. The molecule has 0 bridgehead atoms. The number of carbonyl (C=O) groups is 2. The average molecular weight is 570 g/mol. The van der Waals surface area contributed by atoms with Crippen LogP contribution < -0.4 is 4.74 Å². The summed E-state index contributed by atoms with van der Waals surface area (Å²) in [6, 6.07) is 16.4. The molecule has 7 heteroatoms. The van der Waals surface area contributed by atoms with Gasteiger partial charge in [0.15, 0.2) is 0 Å². The van der Waals surface area contributed by atoms with Gasteiger partial charge in [0.1, 0.15) is 12.3 Å². The number of carbonyl (C=O) groups excluding carboxylic acids is 2. The summed E-state index contributed by atoms with van der Waals surface area (Å²) >= 11 is 0. The van der Waals surface area contributed by atoms with Crippen LogP contribution in [0.5, 0.6) is 5.75 Å². The molecule has 4 heterocycles. The van der Waals surface area contributed by atoms with E-state index < -0.39 is 0 Å². The molecule has 2 amide bonds. The van der Waals surface area contributed by atoms with Gasteiger partial charge in [-0.15, -0.1) is 0 Å². The van der Waals surface area contributed by atoms with Crippen LogP contribution in [0.15, 0.2) is 48.5 Å². The first-order chi connectivity index (χ1) is 20.6. The van der Waals surface area contributed by atoms with Crippen molar-refractivity contribution in [3.05, 3.63) is 65.4 Å². The number of benzene rings is 2. The van der Waals surface area contributed by atoms with Crippen LogP contribution in [0.1, 0.15) is 73.0 Å². The highest BCUT2D eigenvalue weighted by atomic mass is 16.5. The fourth-order valence-electron chi connectivity index (χ4n) is 7.89. The zero-order valence-electron chi connectivity index (χ0n) is 24.7. The summed E-state index contributed by atoms with van der Waals surface area (Å²) in [5.41, 5.74) is 4.62. The predicted molar refractivity (Wildman–Crippen MR) is 163 cm³/mol. The minimum absolute atomic E-state index is 0.0192. The number of hydrogen-bond donors (Lipinski definition) is 0. The number of aryl methyl sites for hydroxylation is 1. The van der Waals surface area contributed by atoms with Gasteiger partial charge in [0.25, 0.3) is 5.91 Å². The number of hydrogen-bond acceptors (Lipinski definition) is 4. The lowest BCUT2D eigenvalue weighted by molar-refractivity contribution is -0.134. The number of piperidine rings is 1. The van der Waals surface area contributed by atoms with Crippen molar-refractivity contribution in [1.82, 2.24) is 14.4 Å². The summed E-state index contributed by atoms with van der Waals surface area (Å²) in [4.78, 5) is 31.3. The molecule has 222 valence electrons. The molecule has 2 aromatic carbocycles. The third-order valence-corrected chi connectivity index (χ3v) is 10.4. The van der Waals surface area contributed by atoms with Crippen molar-refractivity contribution in [2.75, 3.05) is 39.5 Å². The van der Waals surface area contributed by atoms with Crippen molar-refractivity contribution in [3.63, 3.8) is 0 Å². The summed E-state index contributed by atoms with van der Waals surface area (Å²) in [6.45, 7) is 4.59. The third kappa shape index (κ3) is 5.21. The molecular formula is C35H43N3O4. The Morgan fingerprint density at radius 1 is 0.905 bits per heavy atom. The lowest BCUT2D eigenvalue weighted by Crippen LogP contribution is -2.46. The fraction of sp³-hybridized carbons (Fsp3) is 0.543. The second kappa shape index (κ2) is 11.8. The number of para-hydroxylation sites is 2. The van der Waals surface area contributed by atoms with E-state index in [0.717, 1.165) is 84.0 Å². The first kappa shape index (κ1) is 27.5.